The van der Waals surface area contributed by atoms with E-state index in [0.717, 1.165) is 23.1 Å². The monoisotopic (exact) mass is 584 g/mol. The Hall–Kier alpha value is -3.05. The second-order valence-electron chi connectivity index (χ2n) is 8.98. The van der Waals surface area contributed by atoms with Crippen molar-refractivity contribution < 1.29 is 18.0 Å². The molecule has 2 amide bonds. The van der Waals surface area contributed by atoms with Gasteiger partial charge in [0.15, 0.2) is 0 Å². The van der Waals surface area contributed by atoms with Crippen LogP contribution in [0, 0.1) is 0 Å². The van der Waals surface area contributed by atoms with E-state index in [0.29, 0.717) is 24.3 Å². The van der Waals surface area contributed by atoms with Crippen LogP contribution in [-0.4, -0.2) is 69.3 Å². The minimum Gasteiger partial charge on any atom is -0.336 e. The fraction of sp³-hybridized carbons (Fsp3) is 0.259. The van der Waals surface area contributed by atoms with Gasteiger partial charge in [0.2, 0.25) is 15.9 Å². The van der Waals surface area contributed by atoms with Gasteiger partial charge in [0.25, 0.3) is 5.91 Å². The van der Waals surface area contributed by atoms with E-state index in [1.165, 1.54) is 12.1 Å². The number of likely N-dealkylation sites (N-methyl/N-ethyl adjacent to an activating group) is 1. The van der Waals surface area contributed by atoms with Gasteiger partial charge in [-0.15, -0.1) is 0 Å². The van der Waals surface area contributed by atoms with Crippen molar-refractivity contribution in [3.8, 4) is 0 Å². The highest BCUT2D eigenvalue weighted by atomic mass is 79.9. The lowest BCUT2D eigenvalue weighted by Crippen LogP contribution is -2.47. The second kappa shape index (κ2) is 12.0. The lowest BCUT2D eigenvalue weighted by Gasteiger charge is -2.32. The molecule has 37 heavy (non-hydrogen) atoms. The zero-order valence-corrected chi connectivity index (χ0v) is 22.8. The Morgan fingerprint density at radius 2 is 1.51 bits per heavy atom. The summed E-state index contributed by atoms with van der Waals surface area (Å²) in [5.41, 5.74) is 1.83. The summed E-state index contributed by atoms with van der Waals surface area (Å²) >= 11 is 3.30. The van der Waals surface area contributed by atoms with Crippen molar-refractivity contribution in [2.45, 2.75) is 17.4 Å². The average Bonchev–Trinajstić information content (AvgIpc) is 2.89. The summed E-state index contributed by atoms with van der Waals surface area (Å²) < 4.78 is 29.4. The van der Waals surface area contributed by atoms with Gasteiger partial charge in [-0.05, 0) is 67.6 Å². The summed E-state index contributed by atoms with van der Waals surface area (Å²) in [4.78, 5) is 30.1. The zero-order chi connectivity index (χ0) is 26.4. The van der Waals surface area contributed by atoms with Gasteiger partial charge >= 0.3 is 0 Å². The molecule has 3 aromatic carbocycles. The number of hydrogen-bond acceptors (Lipinski definition) is 5. The molecule has 1 atom stereocenters. The molecule has 1 aliphatic heterocycles. The number of sulfonamides is 1. The predicted octanol–water partition coefficient (Wildman–Crippen LogP) is 3.37. The minimum atomic E-state index is -3.95. The summed E-state index contributed by atoms with van der Waals surface area (Å²) in [6.45, 7) is 3.01. The molecule has 0 radical (unpaired) electrons. The molecule has 0 unspecified atom stereocenters. The molecule has 0 aliphatic carbocycles. The highest BCUT2D eigenvalue weighted by Gasteiger charge is 2.27. The van der Waals surface area contributed by atoms with Gasteiger partial charge in [0.1, 0.15) is 6.04 Å². The van der Waals surface area contributed by atoms with Crippen LogP contribution in [0.3, 0.4) is 0 Å². The lowest BCUT2D eigenvalue weighted by atomic mass is 10.1. The Morgan fingerprint density at radius 3 is 2.14 bits per heavy atom. The number of anilines is 1. The Morgan fingerprint density at radius 1 is 0.892 bits per heavy atom. The molecule has 194 valence electrons. The SMILES string of the molecule is CN1CCN(C(=O)c2ccc(NC(=O)[C@H](Cc3ccccc3)NS(=O)(=O)c3ccc(Br)cc3)cc2)CC1. The van der Waals surface area contributed by atoms with Crippen LogP contribution < -0.4 is 10.0 Å². The quantitative estimate of drug-likeness (QED) is 0.423. The molecule has 0 saturated carbocycles. The van der Waals surface area contributed by atoms with Gasteiger partial charge in [-0.3, -0.25) is 9.59 Å². The molecule has 1 fully saturated rings. The van der Waals surface area contributed by atoms with Crippen molar-refractivity contribution in [1.82, 2.24) is 14.5 Å². The fourth-order valence-electron chi connectivity index (χ4n) is 4.02. The maximum absolute atomic E-state index is 13.3. The Balaban J connectivity index is 1.48. The molecular formula is C27H29BrN4O4S. The third kappa shape index (κ3) is 7.26. The summed E-state index contributed by atoms with van der Waals surface area (Å²) in [5.74, 6) is -0.544. The molecule has 1 aliphatic rings. The van der Waals surface area contributed by atoms with Gasteiger partial charge in [-0.2, -0.15) is 4.72 Å². The van der Waals surface area contributed by atoms with Crippen LogP contribution in [0.5, 0.6) is 0 Å². The maximum Gasteiger partial charge on any atom is 0.253 e. The molecule has 1 heterocycles. The van der Waals surface area contributed by atoms with E-state index in [4.69, 9.17) is 0 Å². The third-order valence-electron chi connectivity index (χ3n) is 6.21. The summed E-state index contributed by atoms with van der Waals surface area (Å²) in [6.07, 6.45) is 0.169. The van der Waals surface area contributed by atoms with Gasteiger partial charge in [0.05, 0.1) is 4.90 Å². The molecule has 0 spiro atoms. The normalized spacial score (nSPS) is 15.2. The van der Waals surface area contributed by atoms with E-state index in [-0.39, 0.29) is 17.2 Å². The first-order chi connectivity index (χ1) is 17.7. The summed E-state index contributed by atoms with van der Waals surface area (Å²) in [5, 5.41) is 2.79. The number of hydrogen-bond donors (Lipinski definition) is 2. The van der Waals surface area contributed by atoms with Crippen LogP contribution in [-0.2, 0) is 21.2 Å². The molecule has 10 heteroatoms. The number of nitrogens with zero attached hydrogens (tertiary/aromatic N) is 2. The second-order valence-corrected chi connectivity index (χ2v) is 11.6. The molecule has 4 rings (SSSR count). The van der Waals surface area contributed by atoms with Crippen LogP contribution in [0.4, 0.5) is 5.69 Å². The highest BCUT2D eigenvalue weighted by molar-refractivity contribution is 9.10. The fourth-order valence-corrected chi connectivity index (χ4v) is 5.48. The molecule has 0 bridgehead atoms. The van der Waals surface area contributed by atoms with Crippen molar-refractivity contribution in [3.63, 3.8) is 0 Å². The van der Waals surface area contributed by atoms with E-state index >= 15 is 0 Å². The Bertz CT molecular complexity index is 1330. The smallest absolute Gasteiger partial charge is 0.253 e. The van der Waals surface area contributed by atoms with E-state index in [1.54, 1.807) is 36.4 Å². The van der Waals surface area contributed by atoms with Gasteiger partial charge < -0.3 is 15.1 Å². The minimum absolute atomic E-state index is 0.0461. The molecule has 8 nitrogen and oxygen atoms in total. The number of piperazine rings is 1. The number of nitrogens with one attached hydrogen (secondary N) is 2. The van der Waals surface area contributed by atoms with Crippen LogP contribution in [0.2, 0.25) is 0 Å². The molecular weight excluding hydrogens is 556 g/mol. The number of benzene rings is 3. The third-order valence-corrected chi connectivity index (χ3v) is 8.23. The average molecular weight is 586 g/mol. The zero-order valence-electron chi connectivity index (χ0n) is 20.4. The maximum atomic E-state index is 13.3. The molecule has 2 N–H and O–H groups in total. The van der Waals surface area contributed by atoms with Gasteiger partial charge in [-0.25, -0.2) is 8.42 Å². The Kier molecular flexibility index (Phi) is 8.75. The van der Waals surface area contributed by atoms with Crippen LogP contribution in [0.25, 0.3) is 0 Å². The largest absolute Gasteiger partial charge is 0.336 e. The van der Waals surface area contributed by atoms with Crippen LogP contribution in [0.15, 0.2) is 88.2 Å². The first-order valence-corrected chi connectivity index (χ1v) is 14.2. The lowest BCUT2D eigenvalue weighted by molar-refractivity contribution is -0.117. The van der Waals surface area contributed by atoms with Crippen molar-refractivity contribution in [2.24, 2.45) is 0 Å². The van der Waals surface area contributed by atoms with Gasteiger partial charge in [0, 0.05) is 41.9 Å². The van der Waals surface area contributed by atoms with E-state index in [2.05, 4.69) is 30.9 Å². The van der Waals surface area contributed by atoms with Crippen molar-refractivity contribution in [3.05, 3.63) is 94.5 Å². The first-order valence-electron chi connectivity index (χ1n) is 11.9. The van der Waals surface area contributed by atoms with Crippen molar-refractivity contribution in [2.75, 3.05) is 38.5 Å². The van der Waals surface area contributed by atoms with E-state index < -0.39 is 22.0 Å². The van der Waals surface area contributed by atoms with Crippen molar-refractivity contribution in [1.29, 1.82) is 0 Å². The van der Waals surface area contributed by atoms with Gasteiger partial charge in [-0.1, -0.05) is 46.3 Å². The standard InChI is InChI=1S/C27H29BrN4O4S/c1-31-15-17-32(18-16-31)27(34)21-7-11-23(12-8-21)29-26(33)25(19-20-5-3-2-4-6-20)30-37(35,36)24-13-9-22(28)10-14-24/h2-14,25,30H,15-19H2,1H3,(H,29,33)/t25-/m0/s1. The number of halogens is 1. The number of rotatable bonds is 8. The van der Waals surface area contributed by atoms with Crippen LogP contribution in [0.1, 0.15) is 15.9 Å². The topological polar surface area (TPSA) is 98.8 Å². The number of amides is 2. The Labute approximate surface area is 225 Å². The molecule has 0 aromatic heterocycles. The summed E-state index contributed by atoms with van der Waals surface area (Å²) in [7, 11) is -1.92. The van der Waals surface area contributed by atoms with Crippen molar-refractivity contribution >= 4 is 43.5 Å². The number of carbonyl (C=O) groups is 2. The number of carbonyl (C=O) groups excluding carboxylic acids is 2. The predicted molar refractivity (Wildman–Crippen MR) is 147 cm³/mol. The van der Waals surface area contributed by atoms with Crippen LogP contribution >= 0.6 is 15.9 Å². The van der Waals surface area contributed by atoms with E-state index in [1.807, 2.05) is 42.3 Å². The highest BCUT2D eigenvalue weighted by Crippen LogP contribution is 2.17. The van der Waals surface area contributed by atoms with E-state index in [9.17, 15) is 18.0 Å². The molecule has 3 aromatic rings. The first kappa shape index (κ1) is 27.0. The summed E-state index contributed by atoms with van der Waals surface area (Å²) in [6, 6.07) is 21.0. The molecule has 1 saturated heterocycles.